The number of halogens is 1. The van der Waals surface area contributed by atoms with Gasteiger partial charge in [0.1, 0.15) is 0 Å². The number of aromatic nitrogens is 1. The highest BCUT2D eigenvalue weighted by atomic mass is 35.5. The number of amides is 1. The third kappa shape index (κ3) is 3.93. The molecule has 0 bridgehead atoms. The summed E-state index contributed by atoms with van der Waals surface area (Å²) < 4.78 is 0. The normalized spacial score (nSPS) is 11.1. The van der Waals surface area contributed by atoms with Gasteiger partial charge in [-0.2, -0.15) is 0 Å². The van der Waals surface area contributed by atoms with E-state index in [1.54, 1.807) is 36.5 Å². The minimum Gasteiger partial charge on any atom is -0.370 e. The van der Waals surface area contributed by atoms with Crippen molar-refractivity contribution < 1.29 is 4.79 Å². The van der Waals surface area contributed by atoms with Crippen molar-refractivity contribution in [3.8, 4) is 0 Å². The number of carbonyl (C=O) groups excluding carboxylic acids is 1. The van der Waals surface area contributed by atoms with Crippen LogP contribution in [0.2, 0.25) is 5.02 Å². The predicted molar refractivity (Wildman–Crippen MR) is 88.4 cm³/mol. The molecule has 1 aromatic heterocycles. The molecule has 0 saturated carbocycles. The molecule has 6 heteroatoms. The van der Waals surface area contributed by atoms with Crippen molar-refractivity contribution in [3.63, 3.8) is 0 Å². The van der Waals surface area contributed by atoms with Crippen molar-refractivity contribution >= 4 is 35.1 Å². The van der Waals surface area contributed by atoms with E-state index in [0.29, 0.717) is 21.7 Å². The number of nitrogens with two attached hydrogens (primary N) is 1. The van der Waals surface area contributed by atoms with Gasteiger partial charge in [-0.15, -0.1) is 0 Å². The average Bonchev–Trinajstić information content (AvgIpc) is 2.47. The summed E-state index contributed by atoms with van der Waals surface area (Å²) >= 11 is 6.13. The zero-order valence-corrected chi connectivity index (χ0v) is 12.7. The Balaban J connectivity index is 2.50. The van der Waals surface area contributed by atoms with Gasteiger partial charge in [0.15, 0.2) is 5.96 Å². The standard InChI is InChI=1S/C16H15ClN4O/c1-10-6-7-12(9-20-10)13(15(22)21-16(18)19)8-11-4-2-3-5-14(11)17/h2-9H,1H3,(H4,18,19,21,22)/b13-8+. The molecule has 5 nitrogen and oxygen atoms in total. The summed E-state index contributed by atoms with van der Waals surface area (Å²) in [5.41, 5.74) is 7.72. The van der Waals surface area contributed by atoms with E-state index < -0.39 is 11.9 Å². The van der Waals surface area contributed by atoms with E-state index in [4.69, 9.17) is 22.7 Å². The Hall–Kier alpha value is -2.66. The molecule has 2 aromatic rings. The lowest BCUT2D eigenvalue weighted by Gasteiger charge is -2.09. The lowest BCUT2D eigenvalue weighted by molar-refractivity contribution is -0.114. The van der Waals surface area contributed by atoms with Crippen molar-refractivity contribution in [2.75, 3.05) is 0 Å². The maximum atomic E-state index is 12.3. The van der Waals surface area contributed by atoms with Crippen LogP contribution in [0.15, 0.2) is 42.6 Å². The molecule has 0 aliphatic carbocycles. The minimum absolute atomic E-state index is 0.329. The minimum atomic E-state index is -0.488. The van der Waals surface area contributed by atoms with Crippen LogP contribution in [0.5, 0.6) is 0 Å². The van der Waals surface area contributed by atoms with Crippen LogP contribution in [0.25, 0.3) is 11.6 Å². The predicted octanol–water partition coefficient (Wildman–Crippen LogP) is 2.59. The number of pyridine rings is 1. The fraction of sp³-hybridized carbons (Fsp3) is 0.0625. The quantitative estimate of drug-likeness (QED) is 0.462. The second-order valence-corrected chi connectivity index (χ2v) is 5.04. The van der Waals surface area contributed by atoms with Gasteiger partial charge in [0.05, 0.1) is 0 Å². The van der Waals surface area contributed by atoms with Crippen molar-refractivity contribution in [2.24, 2.45) is 5.73 Å². The number of rotatable bonds is 3. The van der Waals surface area contributed by atoms with Gasteiger partial charge in [0, 0.05) is 28.0 Å². The van der Waals surface area contributed by atoms with E-state index in [1.165, 1.54) is 0 Å². The van der Waals surface area contributed by atoms with Crippen molar-refractivity contribution in [1.29, 1.82) is 5.41 Å². The summed E-state index contributed by atoms with van der Waals surface area (Å²) in [4.78, 5) is 16.5. The Labute approximate surface area is 133 Å². The number of carbonyl (C=O) groups is 1. The van der Waals surface area contributed by atoms with E-state index in [-0.39, 0.29) is 0 Å². The van der Waals surface area contributed by atoms with Crippen LogP contribution in [0.4, 0.5) is 0 Å². The van der Waals surface area contributed by atoms with Gasteiger partial charge in [-0.3, -0.25) is 20.5 Å². The Morgan fingerprint density at radius 2 is 2.05 bits per heavy atom. The van der Waals surface area contributed by atoms with E-state index >= 15 is 0 Å². The number of guanidine groups is 1. The van der Waals surface area contributed by atoms with E-state index in [2.05, 4.69) is 10.3 Å². The van der Waals surface area contributed by atoms with Crippen LogP contribution >= 0.6 is 11.6 Å². The third-order valence-corrected chi connectivity index (χ3v) is 3.26. The molecule has 0 aliphatic rings. The van der Waals surface area contributed by atoms with Gasteiger partial charge < -0.3 is 5.73 Å². The summed E-state index contributed by atoms with van der Waals surface area (Å²) in [6.45, 7) is 1.86. The lowest BCUT2D eigenvalue weighted by Crippen LogP contribution is -2.36. The fourth-order valence-electron chi connectivity index (χ4n) is 1.84. The van der Waals surface area contributed by atoms with Crippen LogP contribution in [0, 0.1) is 12.3 Å². The molecule has 4 N–H and O–H groups in total. The number of nitrogens with one attached hydrogen (secondary N) is 2. The topological polar surface area (TPSA) is 91.9 Å². The van der Waals surface area contributed by atoms with Gasteiger partial charge >= 0.3 is 0 Å². The van der Waals surface area contributed by atoms with E-state index in [1.807, 2.05) is 19.1 Å². The first kappa shape index (κ1) is 15.7. The van der Waals surface area contributed by atoms with Crippen LogP contribution in [0.1, 0.15) is 16.8 Å². The monoisotopic (exact) mass is 314 g/mol. The highest BCUT2D eigenvalue weighted by Gasteiger charge is 2.14. The molecule has 1 heterocycles. The highest BCUT2D eigenvalue weighted by molar-refractivity contribution is 6.33. The molecule has 0 fully saturated rings. The smallest absolute Gasteiger partial charge is 0.258 e. The van der Waals surface area contributed by atoms with Gasteiger partial charge in [-0.05, 0) is 30.7 Å². The zero-order chi connectivity index (χ0) is 16.1. The Morgan fingerprint density at radius 1 is 1.32 bits per heavy atom. The maximum Gasteiger partial charge on any atom is 0.258 e. The van der Waals surface area contributed by atoms with Crippen LogP contribution in [0.3, 0.4) is 0 Å². The van der Waals surface area contributed by atoms with Crippen LogP contribution in [-0.4, -0.2) is 16.9 Å². The SMILES string of the molecule is Cc1ccc(/C(=C\c2ccccc2Cl)C(=O)NC(=N)N)cn1. The fourth-order valence-corrected chi connectivity index (χ4v) is 2.03. The number of hydrogen-bond donors (Lipinski definition) is 3. The second kappa shape index (κ2) is 6.87. The second-order valence-electron chi connectivity index (χ2n) is 4.64. The molecule has 1 aromatic carbocycles. The van der Waals surface area contributed by atoms with Gasteiger partial charge in [-0.25, -0.2) is 0 Å². The first-order chi connectivity index (χ1) is 10.5. The number of aryl methyl sites for hydroxylation is 1. The molecule has 0 spiro atoms. The van der Waals surface area contributed by atoms with Crippen LogP contribution in [-0.2, 0) is 4.79 Å². The summed E-state index contributed by atoms with van der Waals surface area (Å²) in [7, 11) is 0. The van der Waals surface area contributed by atoms with Crippen molar-refractivity contribution in [3.05, 3.63) is 64.4 Å². The van der Waals surface area contributed by atoms with E-state index in [0.717, 1.165) is 5.69 Å². The Kier molecular flexibility index (Phi) is 4.91. The van der Waals surface area contributed by atoms with Crippen molar-refractivity contribution in [2.45, 2.75) is 6.92 Å². The first-order valence-corrected chi connectivity index (χ1v) is 6.90. The molecule has 1 amide bonds. The molecular weight excluding hydrogens is 300 g/mol. The molecule has 2 rings (SSSR count). The number of benzene rings is 1. The largest absolute Gasteiger partial charge is 0.370 e. The molecule has 0 radical (unpaired) electrons. The summed E-state index contributed by atoms with van der Waals surface area (Å²) in [6, 6.07) is 10.8. The highest BCUT2D eigenvalue weighted by Crippen LogP contribution is 2.23. The Morgan fingerprint density at radius 3 is 2.64 bits per heavy atom. The summed E-state index contributed by atoms with van der Waals surface area (Å²) in [5.74, 6) is -0.909. The van der Waals surface area contributed by atoms with Crippen molar-refractivity contribution in [1.82, 2.24) is 10.3 Å². The lowest BCUT2D eigenvalue weighted by atomic mass is 10.0. The molecule has 0 aliphatic heterocycles. The molecule has 0 atom stereocenters. The molecule has 0 unspecified atom stereocenters. The summed E-state index contributed by atoms with van der Waals surface area (Å²) in [5, 5.41) is 10.0. The molecule has 112 valence electrons. The van der Waals surface area contributed by atoms with Gasteiger partial charge in [-0.1, -0.05) is 35.9 Å². The van der Waals surface area contributed by atoms with Crippen LogP contribution < -0.4 is 11.1 Å². The average molecular weight is 315 g/mol. The third-order valence-electron chi connectivity index (χ3n) is 2.92. The molecule has 22 heavy (non-hydrogen) atoms. The number of nitrogens with zero attached hydrogens (tertiary/aromatic N) is 1. The summed E-state index contributed by atoms with van der Waals surface area (Å²) in [6.07, 6.45) is 3.24. The van der Waals surface area contributed by atoms with Gasteiger partial charge in [0.2, 0.25) is 0 Å². The maximum absolute atomic E-state index is 12.3. The van der Waals surface area contributed by atoms with E-state index in [9.17, 15) is 4.79 Å². The first-order valence-electron chi connectivity index (χ1n) is 6.52. The Bertz CT molecular complexity index is 738. The molecular formula is C16H15ClN4O. The molecule has 0 saturated heterocycles. The number of hydrogen-bond acceptors (Lipinski definition) is 3. The van der Waals surface area contributed by atoms with Gasteiger partial charge in [0.25, 0.3) is 5.91 Å². The zero-order valence-electron chi connectivity index (χ0n) is 11.9.